The van der Waals surface area contributed by atoms with Gasteiger partial charge in [-0.3, -0.25) is 4.68 Å². The van der Waals surface area contributed by atoms with Gasteiger partial charge in [-0.05, 0) is 40.3 Å². The molecule has 2 N–H and O–H groups in total. The van der Waals surface area contributed by atoms with Gasteiger partial charge in [0.15, 0.2) is 0 Å². The predicted octanol–water partition coefficient (Wildman–Crippen LogP) is 2.55. The number of amides is 1. The molecule has 1 aromatic heterocycles. The number of anilines is 1. The van der Waals surface area contributed by atoms with E-state index in [1.807, 2.05) is 37.8 Å². The summed E-state index contributed by atoms with van der Waals surface area (Å²) in [6, 6.07) is 0. The summed E-state index contributed by atoms with van der Waals surface area (Å²) in [6.07, 6.45) is 4.31. The maximum absolute atomic E-state index is 11.5. The van der Waals surface area contributed by atoms with E-state index in [4.69, 9.17) is 4.74 Å². The van der Waals surface area contributed by atoms with Crippen LogP contribution in [0.15, 0.2) is 12.4 Å². The van der Waals surface area contributed by atoms with Crippen LogP contribution in [0.5, 0.6) is 0 Å². The van der Waals surface area contributed by atoms with E-state index in [2.05, 4.69) is 34.5 Å². The number of hydrogen-bond donors (Lipinski definition) is 2. The smallest absolute Gasteiger partial charge is 0.407 e. The van der Waals surface area contributed by atoms with Gasteiger partial charge < -0.3 is 20.3 Å². The molecule has 0 aliphatic rings. The van der Waals surface area contributed by atoms with Gasteiger partial charge in [-0.1, -0.05) is 13.8 Å². The largest absolute Gasteiger partial charge is 0.444 e. The van der Waals surface area contributed by atoms with Crippen LogP contribution in [-0.4, -0.2) is 59.1 Å². The first-order chi connectivity index (χ1) is 11.3. The van der Waals surface area contributed by atoms with Crippen molar-refractivity contribution in [3.8, 4) is 0 Å². The fourth-order valence-electron chi connectivity index (χ4n) is 2.19. The summed E-state index contributed by atoms with van der Waals surface area (Å²) in [5.74, 6) is 0. The van der Waals surface area contributed by atoms with E-state index in [-0.39, 0.29) is 6.09 Å². The molecule has 0 unspecified atom stereocenters. The number of carbonyl (C=O) groups is 1. The molecule has 1 rings (SSSR count). The molecule has 0 fully saturated rings. The number of nitrogens with one attached hydrogen (secondary N) is 2. The maximum atomic E-state index is 11.5. The summed E-state index contributed by atoms with van der Waals surface area (Å²) in [5.41, 5.74) is 0.550. The molecule has 0 aromatic carbocycles. The van der Waals surface area contributed by atoms with E-state index in [0.29, 0.717) is 6.54 Å². The van der Waals surface area contributed by atoms with Crippen LogP contribution >= 0.6 is 0 Å². The lowest BCUT2D eigenvalue weighted by Gasteiger charge is -2.19. The second kappa shape index (κ2) is 10.2. The van der Waals surface area contributed by atoms with Crippen molar-refractivity contribution in [3.63, 3.8) is 0 Å². The summed E-state index contributed by atoms with van der Waals surface area (Å²) in [5, 5.41) is 10.4. The minimum atomic E-state index is -0.456. The van der Waals surface area contributed by atoms with Crippen LogP contribution in [0.3, 0.4) is 0 Å². The average Bonchev–Trinajstić information content (AvgIpc) is 2.94. The Morgan fingerprint density at radius 2 is 2.00 bits per heavy atom. The Morgan fingerprint density at radius 3 is 2.62 bits per heavy atom. The Bertz CT molecular complexity index is 478. The molecule has 0 bridgehead atoms. The lowest BCUT2D eigenvalue weighted by Crippen LogP contribution is -2.33. The van der Waals surface area contributed by atoms with Crippen molar-refractivity contribution in [3.05, 3.63) is 12.4 Å². The van der Waals surface area contributed by atoms with Crippen LogP contribution in [-0.2, 0) is 11.3 Å². The highest BCUT2D eigenvalue weighted by atomic mass is 16.6. The fourth-order valence-corrected chi connectivity index (χ4v) is 2.19. The molecule has 7 heteroatoms. The summed E-state index contributed by atoms with van der Waals surface area (Å²) in [7, 11) is 0. The van der Waals surface area contributed by atoms with Gasteiger partial charge >= 0.3 is 6.09 Å². The summed E-state index contributed by atoms with van der Waals surface area (Å²) >= 11 is 0. The Balaban J connectivity index is 2.17. The van der Waals surface area contributed by atoms with Crippen LogP contribution < -0.4 is 10.6 Å². The quantitative estimate of drug-likeness (QED) is 0.641. The molecule has 0 saturated heterocycles. The van der Waals surface area contributed by atoms with Gasteiger partial charge in [0.1, 0.15) is 5.60 Å². The lowest BCUT2D eigenvalue weighted by atomic mass is 10.2. The highest BCUT2D eigenvalue weighted by Gasteiger charge is 2.15. The first kappa shape index (κ1) is 20.3. The standard InChI is InChI=1S/C17H33N5O2/c1-6-21(7-2)11-12-22-14-15(13-20-22)18-9-8-10-19-16(23)24-17(3,4)5/h13-14,18H,6-12H2,1-5H3,(H,19,23). The Kier molecular flexibility index (Phi) is 8.60. The summed E-state index contributed by atoms with van der Waals surface area (Å²) < 4.78 is 7.14. The molecular formula is C17H33N5O2. The third kappa shape index (κ3) is 8.76. The molecule has 1 aromatic rings. The molecule has 1 heterocycles. The predicted molar refractivity (Wildman–Crippen MR) is 97.4 cm³/mol. The second-order valence-electron chi connectivity index (χ2n) is 6.73. The van der Waals surface area contributed by atoms with Crippen molar-refractivity contribution < 1.29 is 9.53 Å². The third-order valence-corrected chi connectivity index (χ3v) is 3.52. The van der Waals surface area contributed by atoms with Crippen molar-refractivity contribution in [2.45, 2.75) is 53.2 Å². The maximum Gasteiger partial charge on any atom is 0.407 e. The number of ether oxygens (including phenoxy) is 1. The Labute approximate surface area is 145 Å². The molecule has 0 aliphatic heterocycles. The number of alkyl carbamates (subject to hydrolysis) is 1. The van der Waals surface area contributed by atoms with E-state index in [1.54, 1.807) is 0 Å². The molecule has 1 amide bonds. The van der Waals surface area contributed by atoms with Crippen molar-refractivity contribution in [1.82, 2.24) is 20.0 Å². The Hall–Kier alpha value is -1.76. The van der Waals surface area contributed by atoms with Crippen LogP contribution in [0.1, 0.15) is 41.0 Å². The number of aromatic nitrogens is 2. The molecule has 0 radical (unpaired) electrons. The van der Waals surface area contributed by atoms with Crippen LogP contribution in [0.4, 0.5) is 10.5 Å². The van der Waals surface area contributed by atoms with Crippen molar-refractivity contribution in [1.29, 1.82) is 0 Å². The van der Waals surface area contributed by atoms with Gasteiger partial charge in [0.05, 0.1) is 18.4 Å². The monoisotopic (exact) mass is 339 g/mol. The molecule has 138 valence electrons. The topological polar surface area (TPSA) is 71.4 Å². The third-order valence-electron chi connectivity index (χ3n) is 3.52. The average molecular weight is 339 g/mol. The van der Waals surface area contributed by atoms with E-state index >= 15 is 0 Å². The number of carbonyl (C=O) groups excluding carboxylic acids is 1. The van der Waals surface area contributed by atoms with E-state index in [0.717, 1.165) is 44.8 Å². The van der Waals surface area contributed by atoms with Crippen LogP contribution in [0.2, 0.25) is 0 Å². The van der Waals surface area contributed by atoms with Gasteiger partial charge in [0.25, 0.3) is 0 Å². The molecule has 0 saturated carbocycles. The summed E-state index contributed by atoms with van der Waals surface area (Å²) in [6.45, 7) is 15.3. The number of likely N-dealkylation sites (N-methyl/N-ethyl adjacent to an activating group) is 1. The van der Waals surface area contributed by atoms with Crippen LogP contribution in [0, 0.1) is 0 Å². The van der Waals surface area contributed by atoms with Gasteiger partial charge in [-0.25, -0.2) is 4.79 Å². The molecule has 24 heavy (non-hydrogen) atoms. The second-order valence-corrected chi connectivity index (χ2v) is 6.73. The minimum absolute atomic E-state index is 0.369. The van der Waals surface area contributed by atoms with E-state index in [1.165, 1.54) is 0 Å². The zero-order valence-corrected chi connectivity index (χ0v) is 15.8. The molecule has 0 spiro atoms. The number of nitrogens with zero attached hydrogens (tertiary/aromatic N) is 3. The Morgan fingerprint density at radius 1 is 1.29 bits per heavy atom. The zero-order valence-electron chi connectivity index (χ0n) is 15.8. The SMILES string of the molecule is CCN(CC)CCn1cc(NCCCNC(=O)OC(C)(C)C)cn1. The molecule has 0 aliphatic carbocycles. The molecule has 7 nitrogen and oxygen atoms in total. The first-order valence-corrected chi connectivity index (χ1v) is 8.79. The van der Waals surface area contributed by atoms with Gasteiger partial charge in [-0.15, -0.1) is 0 Å². The highest BCUT2D eigenvalue weighted by molar-refractivity contribution is 5.67. The highest BCUT2D eigenvalue weighted by Crippen LogP contribution is 2.07. The normalized spacial score (nSPS) is 11.6. The molecule has 0 atom stereocenters. The lowest BCUT2D eigenvalue weighted by molar-refractivity contribution is 0.0528. The van der Waals surface area contributed by atoms with Crippen molar-refractivity contribution >= 4 is 11.8 Å². The molecular weight excluding hydrogens is 306 g/mol. The van der Waals surface area contributed by atoms with Gasteiger partial charge in [0, 0.05) is 25.8 Å². The first-order valence-electron chi connectivity index (χ1n) is 8.79. The van der Waals surface area contributed by atoms with E-state index in [9.17, 15) is 4.79 Å². The van der Waals surface area contributed by atoms with E-state index < -0.39 is 5.60 Å². The zero-order chi connectivity index (χ0) is 18.0. The van der Waals surface area contributed by atoms with Crippen LogP contribution in [0.25, 0.3) is 0 Å². The number of hydrogen-bond acceptors (Lipinski definition) is 5. The van der Waals surface area contributed by atoms with Gasteiger partial charge in [-0.2, -0.15) is 5.10 Å². The minimum Gasteiger partial charge on any atom is -0.444 e. The van der Waals surface area contributed by atoms with Gasteiger partial charge in [0.2, 0.25) is 0 Å². The number of rotatable bonds is 10. The fraction of sp³-hybridized carbons (Fsp3) is 0.765. The van der Waals surface area contributed by atoms with Crippen molar-refractivity contribution in [2.75, 3.05) is 38.0 Å². The summed E-state index contributed by atoms with van der Waals surface area (Å²) in [4.78, 5) is 13.9. The van der Waals surface area contributed by atoms with Crippen molar-refractivity contribution in [2.24, 2.45) is 0 Å².